The van der Waals surface area contributed by atoms with E-state index in [0.717, 1.165) is 45.3 Å². The van der Waals surface area contributed by atoms with E-state index in [0.29, 0.717) is 19.6 Å². The summed E-state index contributed by atoms with van der Waals surface area (Å²) in [7, 11) is 0. The number of carbonyl (C=O) groups is 1. The molecule has 0 saturated carbocycles. The number of esters is 1. The van der Waals surface area contributed by atoms with Crippen molar-refractivity contribution in [2.45, 2.75) is 297 Å². The van der Waals surface area contributed by atoms with Crippen molar-refractivity contribution >= 4 is 5.97 Å². The smallest absolute Gasteiger partial charge is 0.305 e. The minimum atomic E-state index is -0.169. The van der Waals surface area contributed by atoms with E-state index in [1.54, 1.807) is 0 Å². The van der Waals surface area contributed by atoms with Crippen LogP contribution in [0.4, 0.5) is 0 Å². The average molecular weight is 857 g/mol. The molecule has 0 saturated heterocycles. The van der Waals surface area contributed by atoms with Crippen LogP contribution in [0.3, 0.4) is 0 Å². The third-order valence-corrected chi connectivity index (χ3v) is 12.2. The van der Waals surface area contributed by atoms with Crippen molar-refractivity contribution in [3.63, 3.8) is 0 Å². The molecule has 61 heavy (non-hydrogen) atoms. The van der Waals surface area contributed by atoms with E-state index in [4.69, 9.17) is 14.2 Å². The van der Waals surface area contributed by atoms with E-state index in [9.17, 15) is 4.79 Å². The van der Waals surface area contributed by atoms with E-state index in [-0.39, 0.29) is 12.1 Å². The molecule has 0 rings (SSSR count). The number of rotatable bonds is 52. The third-order valence-electron chi connectivity index (χ3n) is 12.2. The Morgan fingerprint density at radius 2 is 0.689 bits per heavy atom. The van der Waals surface area contributed by atoms with Crippen LogP contribution in [0.1, 0.15) is 290 Å². The molecule has 0 N–H and O–H groups in total. The van der Waals surface area contributed by atoms with Gasteiger partial charge in [0.15, 0.2) is 0 Å². The lowest BCUT2D eigenvalue weighted by atomic mass is 10.0. The second kappa shape index (κ2) is 54.7. The lowest BCUT2D eigenvalue weighted by Gasteiger charge is -2.18. The SMILES string of the molecule is CCCCC/C=C\C/C=C\CCCCCCCCOCC(COC(=O)CCCCCCCCCCCCCCCCC)OCCCCCCCC/C=C\CCCCCCCC. The minimum Gasteiger partial charge on any atom is -0.463 e. The van der Waals surface area contributed by atoms with Gasteiger partial charge in [0.1, 0.15) is 12.7 Å². The Morgan fingerprint density at radius 1 is 0.361 bits per heavy atom. The van der Waals surface area contributed by atoms with E-state index in [1.807, 2.05) is 0 Å². The van der Waals surface area contributed by atoms with Crippen LogP contribution in [0, 0.1) is 0 Å². The molecule has 0 radical (unpaired) electrons. The van der Waals surface area contributed by atoms with Crippen LogP contribution in [0.25, 0.3) is 0 Å². The quantitative estimate of drug-likeness (QED) is 0.0347. The molecule has 0 aliphatic carbocycles. The molecule has 4 heteroatoms. The fraction of sp³-hybridized carbons (Fsp3) is 0.877. The highest BCUT2D eigenvalue weighted by molar-refractivity contribution is 5.69. The molecule has 0 heterocycles. The molecule has 4 nitrogen and oxygen atoms in total. The lowest BCUT2D eigenvalue weighted by molar-refractivity contribution is -0.150. The maximum Gasteiger partial charge on any atom is 0.305 e. The second-order valence-corrected chi connectivity index (χ2v) is 18.5. The molecule has 0 fully saturated rings. The van der Waals surface area contributed by atoms with Gasteiger partial charge in [0.05, 0.1) is 6.61 Å². The number of hydrogen-bond acceptors (Lipinski definition) is 4. The van der Waals surface area contributed by atoms with Gasteiger partial charge in [-0.25, -0.2) is 0 Å². The first-order chi connectivity index (χ1) is 30.2. The van der Waals surface area contributed by atoms with Crippen molar-refractivity contribution in [2.75, 3.05) is 26.4 Å². The molecule has 0 aromatic rings. The monoisotopic (exact) mass is 857 g/mol. The summed E-state index contributed by atoms with van der Waals surface area (Å²) in [6.07, 6.45) is 67.7. The maximum atomic E-state index is 12.6. The summed E-state index contributed by atoms with van der Waals surface area (Å²) >= 11 is 0. The summed E-state index contributed by atoms with van der Waals surface area (Å²) in [6.45, 7) is 9.14. The number of unbranched alkanes of at least 4 members (excludes halogenated alkanes) is 35. The van der Waals surface area contributed by atoms with Gasteiger partial charge in [-0.1, -0.05) is 243 Å². The third kappa shape index (κ3) is 52.9. The average Bonchev–Trinajstić information content (AvgIpc) is 3.27. The first-order valence-electron chi connectivity index (χ1n) is 27.5. The number of carbonyl (C=O) groups excluding carboxylic acids is 1. The zero-order valence-corrected chi connectivity index (χ0v) is 41.7. The molecule has 0 bridgehead atoms. The van der Waals surface area contributed by atoms with Crippen LogP contribution in [0.15, 0.2) is 36.5 Å². The van der Waals surface area contributed by atoms with Crippen LogP contribution < -0.4 is 0 Å². The van der Waals surface area contributed by atoms with Crippen molar-refractivity contribution in [1.82, 2.24) is 0 Å². The first kappa shape index (κ1) is 59.6. The molecule has 0 spiro atoms. The van der Waals surface area contributed by atoms with Gasteiger partial charge in [-0.3, -0.25) is 4.79 Å². The summed E-state index contributed by atoms with van der Waals surface area (Å²) in [4.78, 5) is 12.6. The van der Waals surface area contributed by atoms with Crippen LogP contribution >= 0.6 is 0 Å². The molecule has 0 aliphatic rings. The lowest BCUT2D eigenvalue weighted by Crippen LogP contribution is -2.28. The summed E-state index contributed by atoms with van der Waals surface area (Å²) in [6, 6.07) is 0. The topological polar surface area (TPSA) is 44.8 Å². The predicted molar refractivity (Wildman–Crippen MR) is 270 cm³/mol. The van der Waals surface area contributed by atoms with Crippen molar-refractivity contribution in [3.8, 4) is 0 Å². The Morgan fingerprint density at radius 3 is 1.13 bits per heavy atom. The van der Waals surface area contributed by atoms with Crippen LogP contribution in [-0.4, -0.2) is 38.5 Å². The highest BCUT2D eigenvalue weighted by Crippen LogP contribution is 2.15. The van der Waals surface area contributed by atoms with Gasteiger partial charge in [0, 0.05) is 19.6 Å². The number of allylic oxidation sites excluding steroid dienone is 6. The summed E-state index contributed by atoms with van der Waals surface area (Å²) in [5.74, 6) is -0.0781. The minimum absolute atomic E-state index is 0.0781. The molecule has 1 atom stereocenters. The van der Waals surface area contributed by atoms with Crippen molar-refractivity contribution in [3.05, 3.63) is 36.5 Å². The van der Waals surface area contributed by atoms with Gasteiger partial charge in [0.25, 0.3) is 0 Å². The van der Waals surface area contributed by atoms with Gasteiger partial charge in [-0.05, 0) is 77.0 Å². The van der Waals surface area contributed by atoms with E-state index in [1.165, 1.54) is 231 Å². The van der Waals surface area contributed by atoms with Gasteiger partial charge in [-0.2, -0.15) is 0 Å². The molecule has 0 amide bonds. The maximum absolute atomic E-state index is 12.6. The molecular formula is C57H108O4. The molecule has 360 valence electrons. The zero-order chi connectivity index (χ0) is 44.0. The molecule has 0 aliphatic heterocycles. The largest absolute Gasteiger partial charge is 0.463 e. The standard InChI is InChI=1S/C57H108O4/c1-4-7-10-13-16-19-22-25-28-31-34-37-40-43-46-49-52-59-54-56(60-53-50-47-44-41-38-35-32-29-26-23-20-17-14-11-8-5-2)55-61-57(58)51-48-45-42-39-36-33-30-27-24-21-18-15-12-9-6-3/h16,19,25-26,28-29,56H,4-15,17-18,20-24,27,30-55H2,1-3H3/b19-16-,28-25-,29-26-. The van der Waals surface area contributed by atoms with Crippen LogP contribution in [0.5, 0.6) is 0 Å². The number of ether oxygens (including phenoxy) is 3. The summed E-state index contributed by atoms with van der Waals surface area (Å²) in [5.41, 5.74) is 0. The Bertz CT molecular complexity index is 909. The highest BCUT2D eigenvalue weighted by atomic mass is 16.6. The van der Waals surface area contributed by atoms with E-state index >= 15 is 0 Å². The fourth-order valence-corrected chi connectivity index (χ4v) is 8.05. The fourth-order valence-electron chi connectivity index (χ4n) is 8.05. The van der Waals surface area contributed by atoms with E-state index in [2.05, 4.69) is 57.2 Å². The Balaban J connectivity index is 4.15. The highest BCUT2D eigenvalue weighted by Gasteiger charge is 2.13. The summed E-state index contributed by atoms with van der Waals surface area (Å²) in [5, 5.41) is 0. The van der Waals surface area contributed by atoms with Crippen molar-refractivity contribution in [2.24, 2.45) is 0 Å². The molecule has 1 unspecified atom stereocenters. The van der Waals surface area contributed by atoms with Crippen molar-refractivity contribution in [1.29, 1.82) is 0 Å². The molecule has 0 aromatic carbocycles. The van der Waals surface area contributed by atoms with Gasteiger partial charge < -0.3 is 14.2 Å². The molecular weight excluding hydrogens is 749 g/mol. The normalized spacial score (nSPS) is 12.5. The Hall–Kier alpha value is -1.39. The predicted octanol–water partition coefficient (Wildman–Crippen LogP) is 19.0. The first-order valence-corrected chi connectivity index (χ1v) is 27.5. The van der Waals surface area contributed by atoms with Gasteiger partial charge >= 0.3 is 5.97 Å². The van der Waals surface area contributed by atoms with Crippen molar-refractivity contribution < 1.29 is 19.0 Å². The Labute approximate surface area is 383 Å². The van der Waals surface area contributed by atoms with Crippen LogP contribution in [-0.2, 0) is 19.0 Å². The summed E-state index contributed by atoms with van der Waals surface area (Å²) < 4.78 is 18.1. The van der Waals surface area contributed by atoms with Crippen LogP contribution in [0.2, 0.25) is 0 Å². The van der Waals surface area contributed by atoms with Gasteiger partial charge in [0.2, 0.25) is 0 Å². The van der Waals surface area contributed by atoms with Gasteiger partial charge in [-0.15, -0.1) is 0 Å². The second-order valence-electron chi connectivity index (χ2n) is 18.5. The zero-order valence-electron chi connectivity index (χ0n) is 41.7. The number of hydrogen-bond donors (Lipinski definition) is 0. The Kier molecular flexibility index (Phi) is 53.5. The van der Waals surface area contributed by atoms with E-state index < -0.39 is 0 Å². The molecule has 0 aromatic heterocycles.